The molecule has 0 radical (unpaired) electrons. The minimum atomic E-state index is 0.547. The molecule has 1 heterocycles. The summed E-state index contributed by atoms with van der Waals surface area (Å²) in [6, 6.07) is 0. The van der Waals surface area contributed by atoms with Gasteiger partial charge in [-0.05, 0) is 12.3 Å². The van der Waals surface area contributed by atoms with Crippen LogP contribution >= 0.6 is 0 Å². The SMILES string of the molecule is CCc1c(C(C)C)ncn1C. The van der Waals surface area contributed by atoms with Gasteiger partial charge in [0.15, 0.2) is 0 Å². The van der Waals surface area contributed by atoms with Crippen LogP contribution in [0, 0.1) is 0 Å². The molecule has 0 aromatic carbocycles. The molecule has 0 atom stereocenters. The number of rotatable bonds is 2. The Morgan fingerprint density at radius 1 is 1.55 bits per heavy atom. The third-order valence-corrected chi connectivity index (χ3v) is 1.97. The van der Waals surface area contributed by atoms with E-state index in [4.69, 9.17) is 0 Å². The molecule has 0 bridgehead atoms. The molecule has 11 heavy (non-hydrogen) atoms. The molecule has 0 spiro atoms. The first kappa shape index (κ1) is 8.31. The van der Waals surface area contributed by atoms with Crippen molar-refractivity contribution in [3.63, 3.8) is 0 Å². The summed E-state index contributed by atoms with van der Waals surface area (Å²) in [5.74, 6) is 0.547. The van der Waals surface area contributed by atoms with Gasteiger partial charge in [0, 0.05) is 12.7 Å². The molecule has 2 nitrogen and oxygen atoms in total. The van der Waals surface area contributed by atoms with Gasteiger partial charge in [0.1, 0.15) is 0 Å². The van der Waals surface area contributed by atoms with Crippen LogP contribution in [0.4, 0.5) is 0 Å². The fourth-order valence-electron chi connectivity index (χ4n) is 1.39. The smallest absolute Gasteiger partial charge is 0.0949 e. The van der Waals surface area contributed by atoms with Crippen LogP contribution in [0.2, 0.25) is 0 Å². The number of hydrogen-bond donors (Lipinski definition) is 0. The van der Waals surface area contributed by atoms with Gasteiger partial charge in [-0.1, -0.05) is 20.8 Å². The highest BCUT2D eigenvalue weighted by Crippen LogP contribution is 2.16. The highest BCUT2D eigenvalue weighted by Gasteiger charge is 2.09. The van der Waals surface area contributed by atoms with Gasteiger partial charge in [-0.3, -0.25) is 0 Å². The Labute approximate surface area is 68.3 Å². The minimum Gasteiger partial charge on any atom is -0.337 e. The van der Waals surface area contributed by atoms with E-state index >= 15 is 0 Å². The van der Waals surface area contributed by atoms with Gasteiger partial charge in [0.2, 0.25) is 0 Å². The number of nitrogens with zero attached hydrogens (tertiary/aromatic N) is 2. The zero-order chi connectivity index (χ0) is 8.43. The van der Waals surface area contributed by atoms with Gasteiger partial charge in [-0.25, -0.2) is 4.98 Å². The van der Waals surface area contributed by atoms with E-state index in [1.54, 1.807) is 0 Å². The molecule has 2 heteroatoms. The molecule has 1 rings (SSSR count). The molecule has 1 aromatic heterocycles. The molecule has 62 valence electrons. The lowest BCUT2D eigenvalue weighted by Crippen LogP contribution is -1.98. The topological polar surface area (TPSA) is 17.8 Å². The van der Waals surface area contributed by atoms with Crippen molar-refractivity contribution in [3.8, 4) is 0 Å². The van der Waals surface area contributed by atoms with Crippen molar-refractivity contribution in [1.29, 1.82) is 0 Å². The predicted molar refractivity (Wildman–Crippen MR) is 46.7 cm³/mol. The van der Waals surface area contributed by atoms with E-state index in [9.17, 15) is 0 Å². The summed E-state index contributed by atoms with van der Waals surface area (Å²) in [6.07, 6.45) is 2.97. The van der Waals surface area contributed by atoms with E-state index in [1.165, 1.54) is 11.4 Å². The normalized spacial score (nSPS) is 11.0. The van der Waals surface area contributed by atoms with E-state index in [-0.39, 0.29) is 0 Å². The third kappa shape index (κ3) is 1.44. The summed E-state index contributed by atoms with van der Waals surface area (Å²) >= 11 is 0. The largest absolute Gasteiger partial charge is 0.337 e. The van der Waals surface area contributed by atoms with Gasteiger partial charge >= 0.3 is 0 Å². The van der Waals surface area contributed by atoms with Crippen molar-refractivity contribution in [1.82, 2.24) is 9.55 Å². The Morgan fingerprint density at radius 3 is 2.55 bits per heavy atom. The number of imidazole rings is 1. The standard InChI is InChI=1S/C9H16N2/c1-5-8-9(7(2)3)10-6-11(8)4/h6-7H,5H2,1-4H3. The summed E-state index contributed by atoms with van der Waals surface area (Å²) in [7, 11) is 2.05. The molecule has 0 amide bonds. The highest BCUT2D eigenvalue weighted by atomic mass is 15.0. The van der Waals surface area contributed by atoms with E-state index in [1.807, 2.05) is 6.33 Å². The lowest BCUT2D eigenvalue weighted by Gasteiger charge is -2.04. The molecule has 0 aliphatic carbocycles. The fraction of sp³-hybridized carbons (Fsp3) is 0.667. The molecule has 1 aromatic rings. The van der Waals surface area contributed by atoms with Crippen molar-refractivity contribution in [2.24, 2.45) is 7.05 Å². The second-order valence-electron chi connectivity index (χ2n) is 3.20. The fourth-order valence-corrected chi connectivity index (χ4v) is 1.39. The first-order valence-corrected chi connectivity index (χ1v) is 4.16. The molecule has 0 N–H and O–H groups in total. The Morgan fingerprint density at radius 2 is 2.18 bits per heavy atom. The van der Waals surface area contributed by atoms with Crippen molar-refractivity contribution >= 4 is 0 Å². The summed E-state index contributed by atoms with van der Waals surface area (Å²) in [6.45, 7) is 6.53. The van der Waals surface area contributed by atoms with Crippen LogP contribution in [0.25, 0.3) is 0 Å². The molecular weight excluding hydrogens is 136 g/mol. The van der Waals surface area contributed by atoms with E-state index in [2.05, 4.69) is 37.4 Å². The maximum Gasteiger partial charge on any atom is 0.0949 e. The van der Waals surface area contributed by atoms with Crippen molar-refractivity contribution < 1.29 is 0 Å². The Balaban J connectivity index is 3.05. The van der Waals surface area contributed by atoms with Crippen LogP contribution in [-0.4, -0.2) is 9.55 Å². The molecule has 0 unspecified atom stereocenters. The average Bonchev–Trinajstić information content (AvgIpc) is 2.30. The zero-order valence-electron chi connectivity index (χ0n) is 7.76. The number of aromatic nitrogens is 2. The maximum absolute atomic E-state index is 4.35. The lowest BCUT2D eigenvalue weighted by molar-refractivity contribution is 0.780. The molecule has 0 saturated heterocycles. The molecule has 0 aliphatic rings. The van der Waals surface area contributed by atoms with Crippen molar-refractivity contribution in [2.75, 3.05) is 0 Å². The second kappa shape index (κ2) is 3.07. The van der Waals surface area contributed by atoms with Crippen LogP contribution < -0.4 is 0 Å². The average molecular weight is 152 g/mol. The molecule has 0 saturated carbocycles. The zero-order valence-corrected chi connectivity index (χ0v) is 7.76. The van der Waals surface area contributed by atoms with Gasteiger partial charge in [0.05, 0.1) is 12.0 Å². The highest BCUT2D eigenvalue weighted by molar-refractivity contribution is 5.16. The quantitative estimate of drug-likeness (QED) is 0.634. The summed E-state index contributed by atoms with van der Waals surface area (Å²) in [4.78, 5) is 4.35. The summed E-state index contributed by atoms with van der Waals surface area (Å²) < 4.78 is 2.11. The van der Waals surface area contributed by atoms with Crippen LogP contribution in [-0.2, 0) is 13.5 Å². The van der Waals surface area contributed by atoms with Crippen LogP contribution in [0.15, 0.2) is 6.33 Å². The van der Waals surface area contributed by atoms with Crippen molar-refractivity contribution in [3.05, 3.63) is 17.7 Å². The lowest BCUT2D eigenvalue weighted by atomic mass is 10.1. The van der Waals surface area contributed by atoms with Gasteiger partial charge < -0.3 is 4.57 Å². The van der Waals surface area contributed by atoms with Crippen LogP contribution in [0.3, 0.4) is 0 Å². The maximum atomic E-state index is 4.35. The first-order valence-electron chi connectivity index (χ1n) is 4.16. The third-order valence-electron chi connectivity index (χ3n) is 1.97. The van der Waals surface area contributed by atoms with Crippen molar-refractivity contribution in [2.45, 2.75) is 33.1 Å². The Bertz CT molecular complexity index is 236. The van der Waals surface area contributed by atoms with Gasteiger partial charge in [-0.15, -0.1) is 0 Å². The van der Waals surface area contributed by atoms with Crippen LogP contribution in [0.1, 0.15) is 38.1 Å². The predicted octanol–water partition coefficient (Wildman–Crippen LogP) is 2.11. The minimum absolute atomic E-state index is 0.547. The molecular formula is C9H16N2. The Kier molecular flexibility index (Phi) is 2.32. The van der Waals surface area contributed by atoms with Gasteiger partial charge in [0.25, 0.3) is 0 Å². The first-order chi connectivity index (χ1) is 5.16. The van der Waals surface area contributed by atoms with E-state index in [0.717, 1.165) is 6.42 Å². The summed E-state index contributed by atoms with van der Waals surface area (Å²) in [5.41, 5.74) is 2.61. The summed E-state index contributed by atoms with van der Waals surface area (Å²) in [5, 5.41) is 0. The Hall–Kier alpha value is -0.790. The number of aryl methyl sites for hydroxylation is 1. The van der Waals surface area contributed by atoms with Crippen LogP contribution in [0.5, 0.6) is 0 Å². The van der Waals surface area contributed by atoms with Gasteiger partial charge in [-0.2, -0.15) is 0 Å². The monoisotopic (exact) mass is 152 g/mol. The second-order valence-corrected chi connectivity index (χ2v) is 3.20. The molecule has 0 aliphatic heterocycles. The van der Waals surface area contributed by atoms with E-state index < -0.39 is 0 Å². The number of hydrogen-bond acceptors (Lipinski definition) is 1. The van der Waals surface area contributed by atoms with E-state index in [0.29, 0.717) is 5.92 Å². The molecule has 0 fully saturated rings.